The average molecular weight is 560 g/mol. The number of hydrogen-bond acceptors (Lipinski definition) is 2. The number of hydrogen-bond donors (Lipinski definition) is 2. The summed E-state index contributed by atoms with van der Waals surface area (Å²) >= 11 is 0. The normalized spacial score (nSPS) is 27.1. The largest absolute Gasteiger partial charge is 0.317 e. The van der Waals surface area contributed by atoms with Crippen molar-refractivity contribution in [2.24, 2.45) is 22.7 Å². The Balaban J connectivity index is 0.00000200. The first-order valence-corrected chi connectivity index (χ1v) is 15.2. The third-order valence-corrected chi connectivity index (χ3v) is 9.79. The lowest BCUT2D eigenvalue weighted by Gasteiger charge is -2.63. The van der Waals surface area contributed by atoms with E-state index < -0.39 is 0 Å². The zero-order chi connectivity index (χ0) is 24.5. The van der Waals surface area contributed by atoms with Gasteiger partial charge in [-0.2, -0.15) is 0 Å². The molecule has 0 saturated heterocycles. The molecule has 2 nitrogen and oxygen atoms in total. The SMILES string of the molecule is Cl.Cl.c1ccc(CCCCNCCC23CC4CC(C2)CC(CCNCCCCc2ccccc2)(C4)C3)cc1. The lowest BCUT2D eigenvalue weighted by molar-refractivity contribution is -0.116. The Labute approximate surface area is 245 Å². The van der Waals surface area contributed by atoms with Crippen molar-refractivity contribution in [1.82, 2.24) is 10.6 Å². The van der Waals surface area contributed by atoms with Gasteiger partial charge in [0.15, 0.2) is 0 Å². The molecule has 0 radical (unpaired) electrons. The van der Waals surface area contributed by atoms with Crippen molar-refractivity contribution in [3.63, 3.8) is 0 Å². The summed E-state index contributed by atoms with van der Waals surface area (Å²) in [5.41, 5.74) is 4.30. The van der Waals surface area contributed by atoms with Crippen LogP contribution in [0.1, 0.15) is 88.2 Å². The van der Waals surface area contributed by atoms with Gasteiger partial charge in [-0.1, -0.05) is 60.7 Å². The van der Waals surface area contributed by atoms with Gasteiger partial charge in [0.05, 0.1) is 0 Å². The highest BCUT2D eigenvalue weighted by molar-refractivity contribution is 5.85. The van der Waals surface area contributed by atoms with Gasteiger partial charge in [0.25, 0.3) is 0 Å². The molecule has 4 saturated carbocycles. The summed E-state index contributed by atoms with van der Waals surface area (Å²) in [6, 6.07) is 21.9. The van der Waals surface area contributed by atoms with Gasteiger partial charge in [-0.15, -0.1) is 24.8 Å². The van der Waals surface area contributed by atoms with E-state index in [1.807, 2.05) is 0 Å². The molecule has 2 N–H and O–H groups in total. The second kappa shape index (κ2) is 15.7. The maximum Gasteiger partial charge on any atom is -0.00436 e. The third-order valence-electron chi connectivity index (χ3n) is 9.79. The molecule has 2 aromatic carbocycles. The number of rotatable bonds is 16. The van der Waals surface area contributed by atoms with Crippen LogP contribution in [0, 0.1) is 22.7 Å². The molecule has 4 heteroatoms. The van der Waals surface area contributed by atoms with Crippen molar-refractivity contribution < 1.29 is 0 Å². The monoisotopic (exact) mass is 558 g/mol. The summed E-state index contributed by atoms with van der Waals surface area (Å²) in [5.74, 6) is 2.06. The number of unbranched alkanes of at least 4 members (excludes halogenated alkanes) is 2. The van der Waals surface area contributed by atoms with Crippen molar-refractivity contribution in [3.8, 4) is 0 Å². The Bertz CT molecular complexity index is 818. The minimum atomic E-state index is 0. The van der Waals surface area contributed by atoms with E-state index in [0.29, 0.717) is 10.8 Å². The fraction of sp³-hybridized carbons (Fsp3) is 0.647. The van der Waals surface area contributed by atoms with Gasteiger partial charge in [0.2, 0.25) is 0 Å². The van der Waals surface area contributed by atoms with E-state index in [0.717, 1.165) is 11.8 Å². The van der Waals surface area contributed by atoms with E-state index in [1.165, 1.54) is 121 Å². The average Bonchev–Trinajstić information content (AvgIpc) is 2.88. The molecule has 0 aliphatic heterocycles. The molecule has 0 heterocycles. The number of benzene rings is 2. The molecule has 0 amide bonds. The zero-order valence-corrected chi connectivity index (χ0v) is 25.1. The molecule has 2 aromatic rings. The van der Waals surface area contributed by atoms with Crippen LogP contribution >= 0.6 is 24.8 Å². The standard InChI is InChI=1S/C34H50N2.2ClH/c1-3-11-29(12-4-1)15-7-9-19-35-21-17-33-24-31-23-32(25-33)27-34(26-31,28-33)18-22-36-20-10-8-16-30-13-5-2-6-14-30;;/h1-6,11-14,31-32,35-36H,7-10,15-28H2;2*1H. The van der Waals surface area contributed by atoms with Gasteiger partial charge in [-0.3, -0.25) is 0 Å². The lowest BCUT2D eigenvalue weighted by atomic mass is 9.43. The second-order valence-electron chi connectivity index (χ2n) is 12.8. The van der Waals surface area contributed by atoms with E-state index >= 15 is 0 Å². The van der Waals surface area contributed by atoms with Crippen molar-refractivity contribution in [2.45, 2.75) is 89.9 Å². The minimum absolute atomic E-state index is 0. The van der Waals surface area contributed by atoms with Crippen LogP contribution in [0.3, 0.4) is 0 Å². The molecule has 0 aromatic heterocycles. The number of nitrogens with one attached hydrogen (secondary N) is 2. The predicted molar refractivity (Wildman–Crippen MR) is 168 cm³/mol. The van der Waals surface area contributed by atoms with Crippen LogP contribution in [0.4, 0.5) is 0 Å². The highest BCUT2D eigenvalue weighted by Crippen LogP contribution is 2.67. The molecule has 6 rings (SSSR count). The Kier molecular flexibility index (Phi) is 13.0. The van der Waals surface area contributed by atoms with Gasteiger partial charge in [0, 0.05) is 0 Å². The lowest BCUT2D eigenvalue weighted by Crippen LogP contribution is -2.53. The van der Waals surface area contributed by atoms with Crippen LogP contribution in [-0.2, 0) is 12.8 Å². The first-order valence-electron chi connectivity index (χ1n) is 15.2. The van der Waals surface area contributed by atoms with Crippen molar-refractivity contribution in [3.05, 3.63) is 71.8 Å². The maximum absolute atomic E-state index is 3.83. The topological polar surface area (TPSA) is 24.1 Å². The molecular formula is C34H52Cl2N2. The van der Waals surface area contributed by atoms with Crippen LogP contribution in [0.5, 0.6) is 0 Å². The maximum atomic E-state index is 3.83. The molecule has 212 valence electrons. The molecule has 4 aliphatic carbocycles. The molecule has 4 fully saturated rings. The Morgan fingerprint density at radius 1 is 0.553 bits per heavy atom. The van der Waals surface area contributed by atoms with Gasteiger partial charge in [0.1, 0.15) is 0 Å². The van der Waals surface area contributed by atoms with E-state index in [2.05, 4.69) is 71.3 Å². The first-order chi connectivity index (χ1) is 17.7. The van der Waals surface area contributed by atoms with Crippen LogP contribution in [0.25, 0.3) is 0 Å². The zero-order valence-electron chi connectivity index (χ0n) is 23.5. The summed E-state index contributed by atoms with van der Waals surface area (Å²) in [6.45, 7) is 4.85. The Hall–Kier alpha value is -1.06. The van der Waals surface area contributed by atoms with Crippen LogP contribution in [-0.4, -0.2) is 26.2 Å². The van der Waals surface area contributed by atoms with Crippen LogP contribution in [0.15, 0.2) is 60.7 Å². The molecular weight excluding hydrogens is 507 g/mol. The van der Waals surface area contributed by atoms with E-state index in [9.17, 15) is 0 Å². The van der Waals surface area contributed by atoms with Crippen molar-refractivity contribution in [2.75, 3.05) is 26.2 Å². The smallest absolute Gasteiger partial charge is 0.00436 e. The van der Waals surface area contributed by atoms with Crippen molar-refractivity contribution in [1.29, 1.82) is 0 Å². The third kappa shape index (κ3) is 8.98. The summed E-state index contributed by atoms with van der Waals surface area (Å²) < 4.78 is 0. The van der Waals surface area contributed by atoms with Crippen LogP contribution in [0.2, 0.25) is 0 Å². The van der Waals surface area contributed by atoms with Gasteiger partial charge < -0.3 is 10.6 Å². The first kappa shape index (κ1) is 31.5. The highest BCUT2D eigenvalue weighted by Gasteiger charge is 2.56. The summed E-state index contributed by atoms with van der Waals surface area (Å²) in [6.07, 6.45) is 19.7. The molecule has 38 heavy (non-hydrogen) atoms. The molecule has 0 spiro atoms. The number of aryl methyl sites for hydroxylation is 2. The fourth-order valence-corrected chi connectivity index (χ4v) is 8.64. The van der Waals surface area contributed by atoms with E-state index in [4.69, 9.17) is 0 Å². The summed E-state index contributed by atoms with van der Waals surface area (Å²) in [7, 11) is 0. The minimum Gasteiger partial charge on any atom is -0.317 e. The fourth-order valence-electron chi connectivity index (χ4n) is 8.64. The predicted octanol–water partition coefficient (Wildman–Crippen LogP) is 8.42. The molecule has 4 aliphatic rings. The summed E-state index contributed by atoms with van der Waals surface area (Å²) in [4.78, 5) is 0. The molecule has 4 bridgehead atoms. The molecule has 0 atom stereocenters. The van der Waals surface area contributed by atoms with Gasteiger partial charge >= 0.3 is 0 Å². The quantitative estimate of drug-likeness (QED) is 0.202. The highest BCUT2D eigenvalue weighted by atomic mass is 35.5. The number of halogens is 2. The molecule has 0 unspecified atom stereocenters. The van der Waals surface area contributed by atoms with Gasteiger partial charge in [-0.25, -0.2) is 0 Å². The Morgan fingerprint density at radius 3 is 1.39 bits per heavy atom. The van der Waals surface area contributed by atoms with E-state index in [-0.39, 0.29) is 24.8 Å². The van der Waals surface area contributed by atoms with Crippen molar-refractivity contribution >= 4 is 24.8 Å². The second-order valence-corrected chi connectivity index (χ2v) is 12.8. The summed E-state index contributed by atoms with van der Waals surface area (Å²) in [5, 5.41) is 7.66. The van der Waals surface area contributed by atoms with Crippen LogP contribution < -0.4 is 10.6 Å². The van der Waals surface area contributed by atoms with Gasteiger partial charge in [-0.05, 0) is 150 Å². The Morgan fingerprint density at radius 2 is 0.974 bits per heavy atom. The van der Waals surface area contributed by atoms with E-state index in [1.54, 1.807) is 6.42 Å².